The predicted molar refractivity (Wildman–Crippen MR) is 197 cm³/mol. The number of aliphatic hydroxyl groups is 4. The van der Waals surface area contributed by atoms with E-state index in [1.807, 2.05) is 13.8 Å². The molecule has 0 aromatic rings. The molecule has 0 amide bonds. The third-order valence-corrected chi connectivity index (χ3v) is 14.8. The van der Waals surface area contributed by atoms with E-state index in [1.165, 1.54) is 30.8 Å². The predicted octanol–water partition coefficient (Wildman–Crippen LogP) is 5.70. The molecule has 11 nitrogen and oxygen atoms in total. The fourth-order valence-corrected chi connectivity index (χ4v) is 11.7. The van der Waals surface area contributed by atoms with Crippen molar-refractivity contribution in [2.24, 2.45) is 39.4 Å². The summed E-state index contributed by atoms with van der Waals surface area (Å²) in [4.78, 5) is 39.1. The Bertz CT molecular complexity index is 1460. The Hall–Kier alpha value is -2.31. The van der Waals surface area contributed by atoms with Gasteiger partial charge in [0.05, 0.1) is 38.1 Å². The van der Waals surface area contributed by atoms with E-state index in [4.69, 9.17) is 14.2 Å². The third-order valence-electron chi connectivity index (χ3n) is 14.8. The van der Waals surface area contributed by atoms with E-state index in [1.54, 1.807) is 0 Å². The maximum atomic E-state index is 14.1. The van der Waals surface area contributed by atoms with Crippen LogP contribution in [-0.2, 0) is 33.3 Å². The number of aliphatic hydroxyl groups excluding tert-OH is 3. The fraction of sp³-hybridized carbons (Fsp3) is 0.833. The van der Waals surface area contributed by atoms with Crippen LogP contribution in [0.5, 0.6) is 0 Å². The molecule has 0 spiro atoms. The highest BCUT2D eigenvalue weighted by Crippen LogP contribution is 2.72. The summed E-state index contributed by atoms with van der Waals surface area (Å²) in [7, 11) is 1.25. The quantitative estimate of drug-likeness (QED) is 0.116. The van der Waals surface area contributed by atoms with Crippen LogP contribution >= 0.6 is 0 Å². The molecule has 5 aliphatic rings. The zero-order chi connectivity index (χ0) is 39.3. The molecule has 1 aliphatic heterocycles. The number of ether oxygens (including phenoxy) is 4. The molecule has 0 bridgehead atoms. The second kappa shape index (κ2) is 15.3. The number of rotatable bonds is 11. The van der Waals surface area contributed by atoms with E-state index < -0.39 is 54.0 Å². The van der Waals surface area contributed by atoms with Gasteiger partial charge in [-0.3, -0.25) is 14.4 Å². The summed E-state index contributed by atoms with van der Waals surface area (Å²) in [5.41, 5.74) is 1.98. The van der Waals surface area contributed by atoms with Gasteiger partial charge in [-0.25, -0.2) is 0 Å². The maximum absolute atomic E-state index is 14.1. The van der Waals surface area contributed by atoms with Crippen molar-refractivity contribution < 1.29 is 53.8 Å². The normalized spacial score (nSPS) is 39.4. The Labute approximate surface area is 315 Å². The summed E-state index contributed by atoms with van der Waals surface area (Å²) in [5, 5.41) is 42.0. The van der Waals surface area contributed by atoms with Crippen molar-refractivity contribution in [3.05, 3.63) is 22.8 Å². The molecule has 4 N–H and O–H groups in total. The first-order chi connectivity index (χ1) is 24.6. The van der Waals surface area contributed by atoms with Crippen LogP contribution in [0.2, 0.25) is 0 Å². The highest BCUT2D eigenvalue weighted by molar-refractivity contribution is 5.75. The first-order valence-electron chi connectivity index (χ1n) is 19.8. The zero-order valence-corrected chi connectivity index (χ0v) is 33.5. The number of hydrogen-bond donors (Lipinski definition) is 4. The standard InChI is InChI=1S/C42H66O11/c1-24(2)11-10-12-25(36(47)53-35-34(46)29(43)23-51-37(35)48)26-15-19-42(8)28-13-14-30-38(3,4)31(52-33(45)22-39(5,49)21-32(44)50-9)17-18-40(30,6)27(28)16-20-41(26,42)7/h11,25-26,29-31,34-35,37,43,46,48-49H,10,12-23H2,1-9H3/t25-,26-,29-,30+,31-,34+,35-,37-,39+,40-,41-,42+/m1/s1. The molecule has 0 aromatic carbocycles. The van der Waals surface area contributed by atoms with E-state index in [9.17, 15) is 34.8 Å². The first kappa shape index (κ1) is 41.8. The van der Waals surface area contributed by atoms with Crippen LogP contribution in [0.15, 0.2) is 22.8 Å². The summed E-state index contributed by atoms with van der Waals surface area (Å²) in [6, 6.07) is 0. The van der Waals surface area contributed by atoms with Gasteiger partial charge in [0.15, 0.2) is 12.4 Å². The topological polar surface area (TPSA) is 169 Å². The van der Waals surface area contributed by atoms with Gasteiger partial charge in [0.2, 0.25) is 0 Å². The molecule has 4 aliphatic carbocycles. The van der Waals surface area contributed by atoms with Crippen LogP contribution in [0.3, 0.4) is 0 Å². The third kappa shape index (κ3) is 7.76. The maximum Gasteiger partial charge on any atom is 0.309 e. The van der Waals surface area contributed by atoms with Gasteiger partial charge in [0.25, 0.3) is 0 Å². The number of fused-ring (bicyclic) bond motifs is 4. The summed E-state index contributed by atoms with van der Waals surface area (Å²) in [5.74, 6) is -1.70. The number of methoxy groups -OCH3 is 1. The van der Waals surface area contributed by atoms with Crippen molar-refractivity contribution in [3.63, 3.8) is 0 Å². The summed E-state index contributed by atoms with van der Waals surface area (Å²) in [6.07, 6.45) is 4.11. The molecule has 0 unspecified atom stereocenters. The molecule has 5 rings (SSSR count). The molecule has 12 atom stereocenters. The fourth-order valence-electron chi connectivity index (χ4n) is 11.7. The summed E-state index contributed by atoms with van der Waals surface area (Å²) in [6.45, 7) is 16.9. The Morgan fingerprint density at radius 3 is 2.26 bits per heavy atom. The van der Waals surface area contributed by atoms with Crippen LogP contribution in [0.4, 0.5) is 0 Å². The second-order valence-electron chi connectivity index (χ2n) is 18.8. The van der Waals surface area contributed by atoms with E-state index in [-0.39, 0.29) is 59.0 Å². The van der Waals surface area contributed by atoms with Gasteiger partial charge in [-0.05, 0) is 113 Å². The largest absolute Gasteiger partial charge is 0.469 e. The van der Waals surface area contributed by atoms with E-state index >= 15 is 0 Å². The minimum absolute atomic E-state index is 0.0249. The first-order valence-corrected chi connectivity index (χ1v) is 19.8. The van der Waals surface area contributed by atoms with Gasteiger partial charge >= 0.3 is 17.9 Å². The van der Waals surface area contributed by atoms with Gasteiger partial charge in [-0.15, -0.1) is 0 Å². The van der Waals surface area contributed by atoms with Crippen molar-refractivity contribution >= 4 is 17.9 Å². The van der Waals surface area contributed by atoms with Crippen molar-refractivity contribution in [2.75, 3.05) is 13.7 Å². The molecule has 0 radical (unpaired) electrons. The molecular formula is C42H66O11. The lowest BCUT2D eigenvalue weighted by Gasteiger charge is -2.62. The lowest BCUT2D eigenvalue weighted by molar-refractivity contribution is -0.262. The van der Waals surface area contributed by atoms with E-state index in [2.05, 4.69) is 45.4 Å². The molecule has 1 heterocycles. The Morgan fingerprint density at radius 1 is 0.925 bits per heavy atom. The van der Waals surface area contributed by atoms with Crippen LogP contribution in [0, 0.1) is 39.4 Å². The molecule has 300 valence electrons. The highest BCUT2D eigenvalue weighted by atomic mass is 16.7. The summed E-state index contributed by atoms with van der Waals surface area (Å²) < 4.78 is 21.9. The van der Waals surface area contributed by atoms with Gasteiger partial charge in [0, 0.05) is 5.41 Å². The van der Waals surface area contributed by atoms with Gasteiger partial charge in [-0.1, -0.05) is 57.4 Å². The lowest BCUT2D eigenvalue weighted by Crippen LogP contribution is -2.56. The van der Waals surface area contributed by atoms with E-state index in [0.717, 1.165) is 44.9 Å². The SMILES string of the molecule is COC(=O)C[C@](C)(O)CC(=O)O[C@@H]1CC[C@]2(C)C3=C(CC[C@H]2C1(C)C)[C@]1(C)CC[C@H]([C@@H](CCC=C(C)C)C(=O)O[C@@H]2[C@@H](O)[C@H](O)CO[C@H]2O)[C@@]1(C)CC3. The van der Waals surface area contributed by atoms with Gasteiger partial charge in [-0.2, -0.15) is 0 Å². The van der Waals surface area contributed by atoms with Crippen molar-refractivity contribution in [2.45, 2.75) is 169 Å². The van der Waals surface area contributed by atoms with Gasteiger partial charge < -0.3 is 39.4 Å². The van der Waals surface area contributed by atoms with Gasteiger partial charge in [0.1, 0.15) is 18.3 Å². The molecule has 3 fully saturated rings. The van der Waals surface area contributed by atoms with Crippen LogP contribution < -0.4 is 0 Å². The number of carbonyl (C=O) groups excluding carboxylic acids is 3. The number of esters is 3. The molecule has 53 heavy (non-hydrogen) atoms. The molecule has 0 aromatic heterocycles. The molecular weight excluding hydrogens is 680 g/mol. The average molecular weight is 747 g/mol. The highest BCUT2D eigenvalue weighted by Gasteiger charge is 2.65. The van der Waals surface area contributed by atoms with E-state index in [0.29, 0.717) is 19.3 Å². The second-order valence-corrected chi connectivity index (χ2v) is 18.8. The Morgan fingerprint density at radius 2 is 1.60 bits per heavy atom. The van der Waals surface area contributed by atoms with Crippen molar-refractivity contribution in [3.8, 4) is 0 Å². The number of hydrogen-bond acceptors (Lipinski definition) is 11. The average Bonchev–Trinajstić information content (AvgIpc) is 3.34. The smallest absolute Gasteiger partial charge is 0.309 e. The van der Waals surface area contributed by atoms with Crippen LogP contribution in [0.25, 0.3) is 0 Å². The monoisotopic (exact) mass is 746 g/mol. The zero-order valence-electron chi connectivity index (χ0n) is 33.5. The van der Waals surface area contributed by atoms with Crippen molar-refractivity contribution in [1.29, 1.82) is 0 Å². The number of carbonyl (C=O) groups is 3. The Kier molecular flexibility index (Phi) is 12.1. The molecule has 11 heteroatoms. The molecule has 1 saturated heterocycles. The lowest BCUT2D eigenvalue weighted by atomic mass is 9.43. The minimum atomic E-state index is -1.55. The van der Waals surface area contributed by atoms with Crippen LogP contribution in [0.1, 0.15) is 132 Å². The Balaban J connectivity index is 1.38. The van der Waals surface area contributed by atoms with Crippen molar-refractivity contribution in [1.82, 2.24) is 0 Å². The summed E-state index contributed by atoms with van der Waals surface area (Å²) >= 11 is 0. The minimum Gasteiger partial charge on any atom is -0.469 e. The number of allylic oxidation sites excluding steroid dienone is 4. The van der Waals surface area contributed by atoms with Crippen LogP contribution in [-0.4, -0.2) is 88.4 Å². The molecule has 2 saturated carbocycles.